The van der Waals surface area contributed by atoms with Gasteiger partial charge in [-0.15, -0.1) is 0 Å². The first-order valence-corrected chi connectivity index (χ1v) is 4.93. The van der Waals surface area contributed by atoms with E-state index >= 15 is 0 Å². The van der Waals surface area contributed by atoms with E-state index in [9.17, 15) is 17.6 Å². The van der Waals surface area contributed by atoms with Crippen molar-refractivity contribution < 1.29 is 17.6 Å². The van der Waals surface area contributed by atoms with Crippen molar-refractivity contribution in [3.63, 3.8) is 0 Å². The smallest absolute Gasteiger partial charge is 0.330 e. The predicted octanol–water partition coefficient (Wildman–Crippen LogP) is 3.30. The van der Waals surface area contributed by atoms with Crippen LogP contribution >= 0.6 is 0 Å². The molecule has 0 spiro atoms. The molecule has 16 heavy (non-hydrogen) atoms. The lowest BCUT2D eigenvalue weighted by atomic mass is 9.95. The number of nitrogens with two attached hydrogens (primary N) is 1. The zero-order valence-electron chi connectivity index (χ0n) is 8.81. The second kappa shape index (κ2) is 4.82. The number of alkyl halides is 3. The molecule has 0 saturated carbocycles. The van der Waals surface area contributed by atoms with E-state index in [1.54, 1.807) is 6.92 Å². The summed E-state index contributed by atoms with van der Waals surface area (Å²) in [4.78, 5) is 0. The molecule has 0 heterocycles. The standard InChI is InChI=1S/C11H13F4N/c1-7(5-6-16)8-3-2-4-9(10(8)12)11(13,14)15/h2-4,7H,5-6,16H2,1H3. The summed E-state index contributed by atoms with van der Waals surface area (Å²) in [6, 6.07) is 3.33. The normalized spacial score (nSPS) is 13.9. The Kier molecular flexibility index (Phi) is 3.91. The van der Waals surface area contributed by atoms with Crippen LogP contribution in [0.1, 0.15) is 30.4 Å². The highest BCUT2D eigenvalue weighted by molar-refractivity contribution is 5.30. The van der Waals surface area contributed by atoms with Crippen molar-refractivity contribution in [2.75, 3.05) is 6.54 Å². The minimum atomic E-state index is -4.65. The summed E-state index contributed by atoms with van der Waals surface area (Å²) in [5, 5.41) is 0. The highest BCUT2D eigenvalue weighted by atomic mass is 19.4. The lowest BCUT2D eigenvalue weighted by Crippen LogP contribution is -2.12. The molecule has 1 rings (SSSR count). The van der Waals surface area contributed by atoms with Gasteiger partial charge in [-0.05, 0) is 30.5 Å². The van der Waals surface area contributed by atoms with Crippen LogP contribution in [-0.2, 0) is 6.18 Å². The molecule has 1 nitrogen and oxygen atoms in total. The Morgan fingerprint density at radius 3 is 2.44 bits per heavy atom. The van der Waals surface area contributed by atoms with Gasteiger partial charge in [-0.3, -0.25) is 0 Å². The number of rotatable bonds is 3. The van der Waals surface area contributed by atoms with Crippen molar-refractivity contribution in [2.45, 2.75) is 25.4 Å². The van der Waals surface area contributed by atoms with E-state index in [1.807, 2.05) is 0 Å². The molecule has 0 aliphatic rings. The number of hydrogen-bond donors (Lipinski definition) is 1. The Morgan fingerprint density at radius 2 is 1.94 bits per heavy atom. The highest BCUT2D eigenvalue weighted by Crippen LogP contribution is 2.34. The third-order valence-corrected chi connectivity index (χ3v) is 2.46. The monoisotopic (exact) mass is 235 g/mol. The maximum Gasteiger partial charge on any atom is 0.419 e. The summed E-state index contributed by atoms with van der Waals surface area (Å²) < 4.78 is 50.8. The maximum absolute atomic E-state index is 13.6. The average molecular weight is 235 g/mol. The van der Waals surface area contributed by atoms with Gasteiger partial charge >= 0.3 is 6.18 Å². The molecule has 0 aliphatic heterocycles. The molecule has 0 bridgehead atoms. The van der Waals surface area contributed by atoms with E-state index in [0.717, 1.165) is 6.07 Å². The van der Waals surface area contributed by atoms with Crippen molar-refractivity contribution in [3.8, 4) is 0 Å². The van der Waals surface area contributed by atoms with Gasteiger partial charge in [0.15, 0.2) is 0 Å². The fourth-order valence-corrected chi connectivity index (χ4v) is 1.55. The molecule has 1 aromatic rings. The quantitative estimate of drug-likeness (QED) is 0.799. The maximum atomic E-state index is 13.6. The molecule has 5 heteroatoms. The van der Waals surface area contributed by atoms with Crippen molar-refractivity contribution in [2.24, 2.45) is 5.73 Å². The lowest BCUT2D eigenvalue weighted by Gasteiger charge is -2.15. The van der Waals surface area contributed by atoms with Crippen LogP contribution in [0.25, 0.3) is 0 Å². The topological polar surface area (TPSA) is 26.0 Å². The first-order valence-electron chi connectivity index (χ1n) is 4.93. The van der Waals surface area contributed by atoms with Crippen molar-refractivity contribution >= 4 is 0 Å². The second-order valence-corrected chi connectivity index (χ2v) is 3.68. The van der Waals surface area contributed by atoms with Gasteiger partial charge in [-0.25, -0.2) is 4.39 Å². The third-order valence-electron chi connectivity index (χ3n) is 2.46. The lowest BCUT2D eigenvalue weighted by molar-refractivity contribution is -0.140. The van der Waals surface area contributed by atoms with Crippen molar-refractivity contribution in [3.05, 3.63) is 35.1 Å². The first kappa shape index (κ1) is 13.0. The van der Waals surface area contributed by atoms with Crippen LogP contribution in [0, 0.1) is 5.82 Å². The molecule has 0 aliphatic carbocycles. The Morgan fingerprint density at radius 1 is 1.31 bits per heavy atom. The van der Waals surface area contributed by atoms with Gasteiger partial charge in [0.25, 0.3) is 0 Å². The van der Waals surface area contributed by atoms with E-state index < -0.39 is 17.6 Å². The molecule has 1 atom stereocenters. The summed E-state index contributed by atoms with van der Waals surface area (Å²) in [5.41, 5.74) is 4.15. The minimum absolute atomic E-state index is 0.0697. The fourth-order valence-electron chi connectivity index (χ4n) is 1.55. The van der Waals surface area contributed by atoms with Crippen LogP contribution in [-0.4, -0.2) is 6.54 Å². The summed E-state index contributed by atoms with van der Waals surface area (Å²) in [7, 11) is 0. The van der Waals surface area contributed by atoms with Crippen molar-refractivity contribution in [1.29, 1.82) is 0 Å². The van der Waals surface area contributed by atoms with Crippen LogP contribution in [0.3, 0.4) is 0 Å². The van der Waals surface area contributed by atoms with Crippen LogP contribution in [0.15, 0.2) is 18.2 Å². The highest BCUT2D eigenvalue weighted by Gasteiger charge is 2.35. The van der Waals surface area contributed by atoms with Gasteiger partial charge in [0.2, 0.25) is 0 Å². The molecule has 90 valence electrons. The van der Waals surface area contributed by atoms with Crippen LogP contribution < -0.4 is 5.73 Å². The summed E-state index contributed by atoms with van der Waals surface area (Å²) in [6.45, 7) is 1.97. The zero-order chi connectivity index (χ0) is 12.3. The largest absolute Gasteiger partial charge is 0.419 e. The van der Waals surface area contributed by atoms with Crippen molar-refractivity contribution in [1.82, 2.24) is 0 Å². The molecule has 2 N–H and O–H groups in total. The van der Waals surface area contributed by atoms with Gasteiger partial charge in [0, 0.05) is 0 Å². The van der Waals surface area contributed by atoms with Gasteiger partial charge in [-0.1, -0.05) is 19.1 Å². The molecule has 0 saturated heterocycles. The molecule has 1 aromatic carbocycles. The minimum Gasteiger partial charge on any atom is -0.330 e. The summed E-state index contributed by atoms with van der Waals surface area (Å²) in [6.07, 6.45) is -4.19. The molecular formula is C11H13F4N. The SMILES string of the molecule is CC(CCN)c1cccc(C(F)(F)F)c1F. The van der Waals surface area contributed by atoms with E-state index in [-0.39, 0.29) is 11.5 Å². The zero-order valence-corrected chi connectivity index (χ0v) is 8.81. The predicted molar refractivity (Wildman–Crippen MR) is 53.5 cm³/mol. The van der Waals surface area contributed by atoms with Gasteiger partial charge < -0.3 is 5.73 Å². The van der Waals surface area contributed by atoms with Crippen LogP contribution in [0.5, 0.6) is 0 Å². The molecular weight excluding hydrogens is 222 g/mol. The molecule has 0 fully saturated rings. The van der Waals surface area contributed by atoms with E-state index in [0.29, 0.717) is 13.0 Å². The Balaban J connectivity index is 3.14. The molecule has 0 aromatic heterocycles. The number of halogens is 4. The summed E-state index contributed by atoms with van der Waals surface area (Å²) >= 11 is 0. The molecule has 0 amide bonds. The third kappa shape index (κ3) is 2.72. The fraction of sp³-hybridized carbons (Fsp3) is 0.455. The van der Waals surface area contributed by atoms with E-state index in [1.165, 1.54) is 12.1 Å². The van der Waals surface area contributed by atoms with Crippen LogP contribution in [0.2, 0.25) is 0 Å². The van der Waals surface area contributed by atoms with Gasteiger partial charge in [0.1, 0.15) is 5.82 Å². The average Bonchev–Trinajstić information content (AvgIpc) is 2.16. The number of hydrogen-bond acceptors (Lipinski definition) is 1. The van der Waals surface area contributed by atoms with Gasteiger partial charge in [0.05, 0.1) is 5.56 Å². The summed E-state index contributed by atoms with van der Waals surface area (Å²) in [5.74, 6) is -1.50. The first-order chi connectivity index (χ1) is 7.38. The Bertz CT molecular complexity index is 359. The van der Waals surface area contributed by atoms with Crippen LogP contribution in [0.4, 0.5) is 17.6 Å². The number of benzene rings is 1. The Hall–Kier alpha value is -1.10. The van der Waals surface area contributed by atoms with Gasteiger partial charge in [-0.2, -0.15) is 13.2 Å². The van der Waals surface area contributed by atoms with E-state index in [2.05, 4.69) is 0 Å². The molecule has 0 radical (unpaired) electrons. The Labute approximate surface area is 91.3 Å². The van der Waals surface area contributed by atoms with E-state index in [4.69, 9.17) is 5.73 Å². The molecule has 1 unspecified atom stereocenters. The second-order valence-electron chi connectivity index (χ2n) is 3.68.